The van der Waals surface area contributed by atoms with E-state index in [1.165, 1.54) is 6.07 Å². The first-order valence-corrected chi connectivity index (χ1v) is 6.52. The van der Waals surface area contributed by atoms with E-state index in [9.17, 15) is 4.39 Å². The highest BCUT2D eigenvalue weighted by Crippen LogP contribution is 2.28. The van der Waals surface area contributed by atoms with Gasteiger partial charge in [0.1, 0.15) is 5.82 Å². The van der Waals surface area contributed by atoms with E-state index in [1.54, 1.807) is 12.1 Å². The van der Waals surface area contributed by atoms with Crippen molar-refractivity contribution in [1.82, 2.24) is 0 Å². The highest BCUT2D eigenvalue weighted by molar-refractivity contribution is 6.30. The Labute approximate surface area is 116 Å². The van der Waals surface area contributed by atoms with E-state index in [4.69, 9.17) is 23.2 Å². The van der Waals surface area contributed by atoms with Crippen LogP contribution in [0.25, 0.3) is 0 Å². The fourth-order valence-corrected chi connectivity index (χ4v) is 2.44. The van der Waals surface area contributed by atoms with Crippen molar-refractivity contribution < 1.29 is 4.39 Å². The molecule has 0 aliphatic carbocycles. The highest BCUT2D eigenvalue weighted by atomic mass is 35.5. The Hall–Kier alpha value is -1.05. The van der Waals surface area contributed by atoms with Gasteiger partial charge in [-0.1, -0.05) is 35.9 Å². The third-order valence-corrected chi connectivity index (χ3v) is 3.42. The number of alkyl halides is 1. The predicted octanol–water partition coefficient (Wildman–Crippen LogP) is 5.31. The molecule has 18 heavy (non-hydrogen) atoms. The molecule has 2 aromatic carbocycles. The van der Waals surface area contributed by atoms with Crippen LogP contribution < -0.4 is 0 Å². The minimum absolute atomic E-state index is 0.253. The lowest BCUT2D eigenvalue weighted by Gasteiger charge is -2.11. The van der Waals surface area contributed by atoms with Gasteiger partial charge in [0, 0.05) is 10.6 Å². The molecule has 0 spiro atoms. The monoisotopic (exact) mass is 282 g/mol. The Morgan fingerprint density at radius 1 is 1.17 bits per heavy atom. The van der Waals surface area contributed by atoms with Crippen LogP contribution in [0.3, 0.4) is 0 Å². The third-order valence-electron chi connectivity index (χ3n) is 2.80. The van der Waals surface area contributed by atoms with Crippen LogP contribution in [0.4, 0.5) is 4.39 Å². The van der Waals surface area contributed by atoms with Gasteiger partial charge >= 0.3 is 0 Å². The Kier molecular flexibility index (Phi) is 4.26. The predicted molar refractivity (Wildman–Crippen MR) is 74.9 cm³/mol. The minimum atomic E-state index is -0.385. The van der Waals surface area contributed by atoms with Gasteiger partial charge in [-0.2, -0.15) is 0 Å². The molecule has 0 nitrogen and oxygen atoms in total. The number of hydrogen-bond donors (Lipinski definition) is 0. The molecule has 0 radical (unpaired) electrons. The standard InChI is InChI=1S/C15H13Cl2F/c1-10-5-6-13(15(18)7-10)14(17)9-11-3-2-4-12(16)8-11/h2-8,14H,9H2,1H3. The van der Waals surface area contributed by atoms with Crippen molar-refractivity contribution in [3.05, 3.63) is 70.0 Å². The smallest absolute Gasteiger partial charge is 0.128 e. The van der Waals surface area contributed by atoms with E-state index >= 15 is 0 Å². The summed E-state index contributed by atoms with van der Waals surface area (Å²) in [6.45, 7) is 1.85. The van der Waals surface area contributed by atoms with Crippen LogP contribution in [0.5, 0.6) is 0 Å². The molecule has 0 fully saturated rings. The van der Waals surface area contributed by atoms with Crippen molar-refractivity contribution >= 4 is 23.2 Å². The van der Waals surface area contributed by atoms with Crippen molar-refractivity contribution in [3.8, 4) is 0 Å². The summed E-state index contributed by atoms with van der Waals surface area (Å²) in [6.07, 6.45) is 0.558. The molecule has 2 aromatic rings. The zero-order valence-corrected chi connectivity index (χ0v) is 11.5. The molecule has 0 amide bonds. The molecule has 0 aliphatic rings. The van der Waals surface area contributed by atoms with Gasteiger partial charge in [-0.3, -0.25) is 0 Å². The Balaban J connectivity index is 2.19. The van der Waals surface area contributed by atoms with E-state index in [1.807, 2.05) is 31.2 Å². The summed E-state index contributed by atoms with van der Waals surface area (Å²) >= 11 is 12.2. The van der Waals surface area contributed by atoms with Crippen molar-refractivity contribution in [2.75, 3.05) is 0 Å². The summed E-state index contributed by atoms with van der Waals surface area (Å²) in [4.78, 5) is 0. The summed E-state index contributed by atoms with van der Waals surface area (Å²) < 4.78 is 13.8. The molecule has 0 saturated heterocycles. The van der Waals surface area contributed by atoms with E-state index in [-0.39, 0.29) is 11.2 Å². The van der Waals surface area contributed by atoms with Gasteiger partial charge in [0.05, 0.1) is 5.38 Å². The summed E-state index contributed by atoms with van der Waals surface area (Å²) in [7, 11) is 0. The van der Waals surface area contributed by atoms with Crippen LogP contribution in [0.15, 0.2) is 42.5 Å². The van der Waals surface area contributed by atoms with Crippen molar-refractivity contribution in [2.45, 2.75) is 18.7 Å². The quantitative estimate of drug-likeness (QED) is 0.669. The van der Waals surface area contributed by atoms with E-state index in [0.717, 1.165) is 11.1 Å². The van der Waals surface area contributed by atoms with Crippen molar-refractivity contribution in [1.29, 1.82) is 0 Å². The Morgan fingerprint density at radius 3 is 2.61 bits per heavy atom. The number of halogens is 3. The molecule has 2 rings (SSSR count). The SMILES string of the molecule is Cc1ccc(C(Cl)Cc2cccc(Cl)c2)c(F)c1. The average Bonchev–Trinajstić information content (AvgIpc) is 2.28. The fraction of sp³-hybridized carbons (Fsp3) is 0.200. The maximum absolute atomic E-state index is 13.8. The number of benzene rings is 2. The number of rotatable bonds is 3. The second-order valence-electron chi connectivity index (χ2n) is 4.33. The van der Waals surface area contributed by atoms with Crippen LogP contribution in [-0.2, 0) is 6.42 Å². The molecule has 0 saturated carbocycles. The van der Waals surface area contributed by atoms with Gasteiger partial charge in [0.25, 0.3) is 0 Å². The zero-order valence-electron chi connectivity index (χ0n) is 9.96. The summed E-state index contributed by atoms with van der Waals surface area (Å²) in [5.41, 5.74) is 2.42. The van der Waals surface area contributed by atoms with Crippen LogP contribution in [0, 0.1) is 12.7 Å². The van der Waals surface area contributed by atoms with Crippen molar-refractivity contribution in [3.63, 3.8) is 0 Å². The molecular weight excluding hydrogens is 270 g/mol. The second kappa shape index (κ2) is 5.73. The molecule has 1 unspecified atom stereocenters. The van der Waals surface area contributed by atoms with Crippen LogP contribution in [-0.4, -0.2) is 0 Å². The zero-order chi connectivity index (χ0) is 13.1. The van der Waals surface area contributed by atoms with Gasteiger partial charge in [-0.15, -0.1) is 11.6 Å². The lowest BCUT2D eigenvalue weighted by Crippen LogP contribution is -1.99. The third kappa shape index (κ3) is 3.24. The largest absolute Gasteiger partial charge is 0.207 e. The van der Waals surface area contributed by atoms with Gasteiger partial charge in [-0.25, -0.2) is 4.39 Å². The summed E-state index contributed by atoms with van der Waals surface area (Å²) in [6, 6.07) is 12.6. The highest BCUT2D eigenvalue weighted by Gasteiger charge is 2.13. The minimum Gasteiger partial charge on any atom is -0.207 e. The molecule has 1 atom stereocenters. The number of aryl methyl sites for hydroxylation is 1. The van der Waals surface area contributed by atoms with Crippen molar-refractivity contribution in [2.24, 2.45) is 0 Å². The lowest BCUT2D eigenvalue weighted by molar-refractivity contribution is 0.604. The van der Waals surface area contributed by atoms with E-state index < -0.39 is 0 Å². The first-order chi connectivity index (χ1) is 8.56. The van der Waals surface area contributed by atoms with Crippen LogP contribution >= 0.6 is 23.2 Å². The van der Waals surface area contributed by atoms with Gasteiger partial charge < -0.3 is 0 Å². The summed E-state index contributed by atoms with van der Waals surface area (Å²) in [5, 5.41) is 0.282. The van der Waals surface area contributed by atoms with Crippen LogP contribution in [0.2, 0.25) is 5.02 Å². The van der Waals surface area contributed by atoms with Gasteiger partial charge in [0.2, 0.25) is 0 Å². The fourth-order valence-electron chi connectivity index (χ4n) is 1.87. The summed E-state index contributed by atoms with van der Waals surface area (Å²) in [5.74, 6) is -0.253. The maximum atomic E-state index is 13.8. The van der Waals surface area contributed by atoms with Gasteiger partial charge in [-0.05, 0) is 42.7 Å². The molecule has 0 heterocycles. The molecular formula is C15H13Cl2F. The van der Waals surface area contributed by atoms with E-state index in [2.05, 4.69) is 0 Å². The Morgan fingerprint density at radius 2 is 1.94 bits per heavy atom. The second-order valence-corrected chi connectivity index (χ2v) is 5.29. The first-order valence-electron chi connectivity index (χ1n) is 5.71. The van der Waals surface area contributed by atoms with Gasteiger partial charge in [0.15, 0.2) is 0 Å². The lowest BCUT2D eigenvalue weighted by atomic mass is 10.0. The molecule has 0 N–H and O–H groups in total. The molecule has 0 aromatic heterocycles. The van der Waals surface area contributed by atoms with E-state index in [0.29, 0.717) is 17.0 Å². The maximum Gasteiger partial charge on any atom is 0.128 e. The first kappa shape index (κ1) is 13.4. The average molecular weight is 283 g/mol. The topological polar surface area (TPSA) is 0 Å². The molecule has 3 heteroatoms. The number of hydrogen-bond acceptors (Lipinski definition) is 0. The normalized spacial score (nSPS) is 12.4. The molecule has 0 aliphatic heterocycles. The Bertz CT molecular complexity index is 552. The molecule has 0 bridgehead atoms. The van der Waals surface area contributed by atoms with Crippen LogP contribution in [0.1, 0.15) is 22.1 Å². The molecule has 94 valence electrons.